The van der Waals surface area contributed by atoms with Crippen molar-refractivity contribution in [2.45, 2.75) is 19.4 Å². The summed E-state index contributed by atoms with van der Waals surface area (Å²) in [5.41, 5.74) is 2.07. The predicted octanol–water partition coefficient (Wildman–Crippen LogP) is 2.19. The van der Waals surface area contributed by atoms with Gasteiger partial charge in [-0.2, -0.15) is 5.10 Å². The fourth-order valence-electron chi connectivity index (χ4n) is 4.29. The smallest absolute Gasteiger partial charge is 0.308 e. The molecular weight excluding hydrogens is 318 g/mol. The number of rotatable bonds is 4. The minimum absolute atomic E-state index is 0.135. The summed E-state index contributed by atoms with van der Waals surface area (Å²) in [6.07, 6.45) is 5.37. The van der Waals surface area contributed by atoms with Gasteiger partial charge in [0.2, 0.25) is 0 Å². The van der Waals surface area contributed by atoms with Crippen LogP contribution in [0.4, 0.5) is 0 Å². The second-order valence-electron chi connectivity index (χ2n) is 7.16. The van der Waals surface area contributed by atoms with Crippen LogP contribution in [0.15, 0.2) is 42.7 Å². The molecule has 1 unspecified atom stereocenters. The van der Waals surface area contributed by atoms with Gasteiger partial charge in [-0.25, -0.2) is 4.68 Å². The molecule has 2 aliphatic rings. The van der Waals surface area contributed by atoms with Gasteiger partial charge in [-0.3, -0.25) is 9.69 Å². The van der Waals surface area contributed by atoms with E-state index in [0.717, 1.165) is 31.6 Å². The number of nitrogens with zero attached hydrogens (tertiary/aromatic N) is 3. The molecule has 2 aromatic rings. The summed E-state index contributed by atoms with van der Waals surface area (Å²) in [6.45, 7) is 3.56. The number of likely N-dealkylation sites (tertiary alicyclic amines) is 1. The van der Waals surface area contributed by atoms with E-state index in [2.05, 4.69) is 22.1 Å². The zero-order valence-corrected chi connectivity index (χ0v) is 14.2. The van der Waals surface area contributed by atoms with Crippen molar-refractivity contribution in [3.05, 3.63) is 48.3 Å². The molecule has 1 aromatic carbocycles. The first-order valence-electron chi connectivity index (χ1n) is 8.78. The van der Waals surface area contributed by atoms with Crippen molar-refractivity contribution in [1.82, 2.24) is 14.7 Å². The minimum atomic E-state index is -0.672. The summed E-state index contributed by atoms with van der Waals surface area (Å²) >= 11 is 0. The molecule has 1 spiro atoms. The van der Waals surface area contributed by atoms with E-state index in [0.29, 0.717) is 19.8 Å². The Bertz CT molecular complexity index is 738. The lowest BCUT2D eigenvalue weighted by Gasteiger charge is -2.36. The van der Waals surface area contributed by atoms with Crippen LogP contribution >= 0.6 is 0 Å². The first-order chi connectivity index (χ1) is 12.2. The molecule has 2 fully saturated rings. The molecule has 0 saturated carbocycles. The maximum Gasteiger partial charge on any atom is 0.308 e. The van der Waals surface area contributed by atoms with Crippen LogP contribution in [-0.2, 0) is 16.1 Å². The average molecular weight is 341 g/mol. The lowest BCUT2D eigenvalue weighted by atomic mass is 9.72. The van der Waals surface area contributed by atoms with Gasteiger partial charge in [0.15, 0.2) is 0 Å². The molecule has 0 bridgehead atoms. The third-order valence-corrected chi connectivity index (χ3v) is 5.59. The largest absolute Gasteiger partial charge is 0.481 e. The van der Waals surface area contributed by atoms with Crippen molar-refractivity contribution in [2.75, 3.05) is 26.3 Å². The van der Waals surface area contributed by atoms with Crippen LogP contribution in [0.25, 0.3) is 5.69 Å². The van der Waals surface area contributed by atoms with E-state index in [9.17, 15) is 9.90 Å². The Morgan fingerprint density at radius 3 is 2.88 bits per heavy atom. The number of hydrogen-bond donors (Lipinski definition) is 1. The van der Waals surface area contributed by atoms with Crippen molar-refractivity contribution in [1.29, 1.82) is 0 Å². The molecule has 6 heteroatoms. The van der Waals surface area contributed by atoms with E-state index in [1.807, 2.05) is 29.1 Å². The lowest BCUT2D eigenvalue weighted by molar-refractivity contribution is -0.147. The monoisotopic (exact) mass is 341 g/mol. The minimum Gasteiger partial charge on any atom is -0.481 e. The first-order valence-corrected chi connectivity index (χ1v) is 8.78. The lowest BCUT2D eigenvalue weighted by Crippen LogP contribution is -2.40. The molecule has 132 valence electrons. The third kappa shape index (κ3) is 3.19. The molecule has 0 aliphatic carbocycles. The van der Waals surface area contributed by atoms with Crippen molar-refractivity contribution in [2.24, 2.45) is 11.3 Å². The summed E-state index contributed by atoms with van der Waals surface area (Å²) < 4.78 is 7.31. The van der Waals surface area contributed by atoms with Gasteiger partial charge in [-0.15, -0.1) is 0 Å². The van der Waals surface area contributed by atoms with Gasteiger partial charge in [0.05, 0.1) is 11.6 Å². The predicted molar refractivity (Wildman–Crippen MR) is 92.5 cm³/mol. The Hall–Kier alpha value is -2.18. The van der Waals surface area contributed by atoms with Crippen molar-refractivity contribution < 1.29 is 14.6 Å². The van der Waals surface area contributed by atoms with E-state index >= 15 is 0 Å². The number of aromatic nitrogens is 2. The zero-order chi connectivity index (χ0) is 17.3. The second kappa shape index (κ2) is 6.61. The van der Waals surface area contributed by atoms with Gasteiger partial charge in [0.1, 0.15) is 0 Å². The summed E-state index contributed by atoms with van der Waals surface area (Å²) in [7, 11) is 0. The summed E-state index contributed by atoms with van der Waals surface area (Å²) in [5.74, 6) is -0.972. The topological polar surface area (TPSA) is 67.6 Å². The highest BCUT2D eigenvalue weighted by Gasteiger charge is 2.50. The molecule has 1 N–H and O–H groups in total. The molecule has 1 atom stereocenters. The number of benzene rings is 1. The molecule has 6 nitrogen and oxygen atoms in total. The Morgan fingerprint density at radius 1 is 1.32 bits per heavy atom. The number of hydrogen-bond acceptors (Lipinski definition) is 4. The van der Waals surface area contributed by atoms with E-state index in [1.165, 1.54) is 5.56 Å². The molecule has 2 aliphatic heterocycles. The van der Waals surface area contributed by atoms with Crippen LogP contribution in [-0.4, -0.2) is 52.1 Å². The summed E-state index contributed by atoms with van der Waals surface area (Å²) in [4.78, 5) is 14.1. The molecule has 3 heterocycles. The Morgan fingerprint density at radius 2 is 2.16 bits per heavy atom. The Labute approximate surface area is 147 Å². The Balaban J connectivity index is 1.52. The van der Waals surface area contributed by atoms with E-state index < -0.39 is 5.97 Å². The van der Waals surface area contributed by atoms with Gasteiger partial charge in [-0.05, 0) is 36.6 Å². The number of aliphatic carboxylic acids is 1. The van der Waals surface area contributed by atoms with Crippen LogP contribution in [0.5, 0.6) is 0 Å². The number of carboxylic acids is 1. The van der Waals surface area contributed by atoms with Gasteiger partial charge in [-0.1, -0.05) is 12.1 Å². The zero-order valence-electron chi connectivity index (χ0n) is 14.2. The highest BCUT2D eigenvalue weighted by atomic mass is 16.5. The number of carboxylic acid groups (broad SMARTS) is 1. The van der Waals surface area contributed by atoms with Crippen molar-refractivity contribution in [3.63, 3.8) is 0 Å². The molecule has 2 saturated heterocycles. The van der Waals surface area contributed by atoms with Crippen LogP contribution in [0.2, 0.25) is 0 Å². The van der Waals surface area contributed by atoms with Crippen molar-refractivity contribution in [3.8, 4) is 5.69 Å². The molecule has 0 amide bonds. The normalized spacial score (nSPS) is 23.1. The third-order valence-electron chi connectivity index (χ3n) is 5.59. The van der Waals surface area contributed by atoms with Crippen LogP contribution in [0, 0.1) is 11.3 Å². The molecule has 0 radical (unpaired) electrons. The van der Waals surface area contributed by atoms with E-state index in [-0.39, 0.29) is 11.3 Å². The van der Waals surface area contributed by atoms with Gasteiger partial charge in [0, 0.05) is 50.7 Å². The summed E-state index contributed by atoms with van der Waals surface area (Å²) in [5, 5.41) is 14.0. The quantitative estimate of drug-likeness (QED) is 0.923. The highest BCUT2D eigenvalue weighted by Crippen LogP contribution is 2.44. The number of ether oxygens (including phenoxy) is 1. The van der Waals surface area contributed by atoms with Crippen LogP contribution in [0.1, 0.15) is 18.4 Å². The second-order valence-corrected chi connectivity index (χ2v) is 7.16. The van der Waals surface area contributed by atoms with Crippen LogP contribution in [0.3, 0.4) is 0 Å². The fraction of sp³-hybridized carbons (Fsp3) is 0.474. The molecular formula is C19H23N3O3. The first kappa shape index (κ1) is 16.3. The van der Waals surface area contributed by atoms with Gasteiger partial charge >= 0.3 is 5.97 Å². The van der Waals surface area contributed by atoms with Crippen LogP contribution < -0.4 is 0 Å². The highest BCUT2D eigenvalue weighted by molar-refractivity contribution is 5.72. The van der Waals surface area contributed by atoms with Gasteiger partial charge < -0.3 is 9.84 Å². The fourth-order valence-corrected chi connectivity index (χ4v) is 4.29. The van der Waals surface area contributed by atoms with E-state index in [1.54, 1.807) is 6.20 Å². The number of carbonyl (C=O) groups is 1. The average Bonchev–Trinajstić information content (AvgIpc) is 3.25. The van der Waals surface area contributed by atoms with Gasteiger partial charge in [0.25, 0.3) is 0 Å². The van der Waals surface area contributed by atoms with E-state index in [4.69, 9.17) is 4.74 Å². The SMILES string of the molecule is O=C(O)C1CN(Cc2cccc(-n3cccn3)c2)CC12CCOCC2. The molecule has 4 rings (SSSR count). The standard InChI is InChI=1S/C19H23N3O3/c23-18(24)17-13-21(14-19(17)5-9-25-10-6-19)12-15-3-1-4-16(11-15)22-8-2-7-20-22/h1-4,7-8,11,17H,5-6,9-10,12-14H2,(H,23,24). The molecule has 1 aromatic heterocycles. The molecule has 25 heavy (non-hydrogen) atoms. The van der Waals surface area contributed by atoms with Crippen molar-refractivity contribution >= 4 is 5.97 Å². The maximum absolute atomic E-state index is 11.8. The summed E-state index contributed by atoms with van der Waals surface area (Å²) in [6, 6.07) is 10.2. The Kier molecular flexibility index (Phi) is 4.31. The maximum atomic E-state index is 11.8.